The van der Waals surface area contributed by atoms with Crippen LogP contribution in [0.2, 0.25) is 0 Å². The van der Waals surface area contributed by atoms with Crippen molar-refractivity contribution in [3.8, 4) is 0 Å². The number of carbonyl (C=O) groups excluding carboxylic acids is 2. The van der Waals surface area contributed by atoms with Crippen LogP contribution in [0.5, 0.6) is 0 Å². The summed E-state index contributed by atoms with van der Waals surface area (Å²) in [6.07, 6.45) is 3.66. The first-order valence-corrected chi connectivity index (χ1v) is 8.45. The minimum atomic E-state index is -0.117. The second kappa shape index (κ2) is 8.59. The zero-order valence-corrected chi connectivity index (χ0v) is 15.3. The highest BCUT2D eigenvalue weighted by atomic mass is 79.9. The number of hydrogen-bond donors (Lipinski definition) is 1. The average molecular weight is 390 g/mol. The molecule has 6 heteroatoms. The minimum Gasteiger partial charge on any atom is -0.338 e. The Kier molecular flexibility index (Phi) is 6.49. The molecule has 5 nitrogen and oxygen atoms in total. The van der Waals surface area contributed by atoms with Crippen LogP contribution in [0.1, 0.15) is 24.5 Å². The number of pyridine rings is 1. The van der Waals surface area contributed by atoms with Gasteiger partial charge in [0.15, 0.2) is 0 Å². The Balaban J connectivity index is 1.90. The van der Waals surface area contributed by atoms with Gasteiger partial charge in [-0.1, -0.05) is 22.0 Å². The van der Waals surface area contributed by atoms with Crippen LogP contribution in [0.3, 0.4) is 0 Å². The molecule has 0 atom stereocenters. The van der Waals surface area contributed by atoms with Gasteiger partial charge in [0.05, 0.1) is 0 Å². The van der Waals surface area contributed by atoms with E-state index in [-0.39, 0.29) is 18.2 Å². The van der Waals surface area contributed by atoms with Crippen molar-refractivity contribution in [2.75, 3.05) is 11.9 Å². The van der Waals surface area contributed by atoms with Gasteiger partial charge >= 0.3 is 0 Å². The summed E-state index contributed by atoms with van der Waals surface area (Å²) < 4.78 is 1.000. The molecular formula is C18H20BrN3O2. The Morgan fingerprint density at radius 1 is 1.29 bits per heavy atom. The minimum absolute atomic E-state index is 0.0638. The molecule has 24 heavy (non-hydrogen) atoms. The number of anilines is 1. The van der Waals surface area contributed by atoms with Crippen LogP contribution in [-0.4, -0.2) is 28.2 Å². The maximum atomic E-state index is 12.1. The monoisotopic (exact) mass is 389 g/mol. The van der Waals surface area contributed by atoms with E-state index in [0.29, 0.717) is 13.1 Å². The molecule has 0 aliphatic rings. The highest BCUT2D eigenvalue weighted by molar-refractivity contribution is 9.10. The van der Waals surface area contributed by atoms with Crippen molar-refractivity contribution in [3.05, 3.63) is 58.3 Å². The predicted octanol–water partition coefficient (Wildman–Crippen LogP) is 3.53. The first kappa shape index (κ1) is 18.1. The fraction of sp³-hybridized carbons (Fsp3) is 0.278. The Morgan fingerprint density at radius 3 is 2.71 bits per heavy atom. The van der Waals surface area contributed by atoms with Crippen LogP contribution in [0.15, 0.2) is 47.2 Å². The Labute approximate surface area is 150 Å². The molecule has 2 aromatic rings. The van der Waals surface area contributed by atoms with Gasteiger partial charge in [0, 0.05) is 49.0 Å². The smallest absolute Gasteiger partial charge is 0.226 e. The number of halogens is 1. The van der Waals surface area contributed by atoms with Crippen molar-refractivity contribution in [2.45, 2.75) is 26.8 Å². The first-order valence-electron chi connectivity index (χ1n) is 7.66. The molecule has 0 saturated heterocycles. The molecule has 2 rings (SSSR count). The molecular weight excluding hydrogens is 370 g/mol. The van der Waals surface area contributed by atoms with E-state index >= 15 is 0 Å². The summed E-state index contributed by atoms with van der Waals surface area (Å²) in [7, 11) is 0. The zero-order valence-electron chi connectivity index (χ0n) is 13.8. The molecule has 1 aromatic heterocycles. The SMILES string of the molecule is CC(=O)N(CCC(=O)Nc1ccc(Br)c(C)c1)Cc1cccnc1. The zero-order chi connectivity index (χ0) is 17.5. The second-order valence-electron chi connectivity index (χ2n) is 5.56. The molecule has 0 unspecified atom stereocenters. The van der Waals surface area contributed by atoms with Gasteiger partial charge in [0.1, 0.15) is 0 Å². The Bertz CT molecular complexity index is 719. The van der Waals surface area contributed by atoms with Gasteiger partial charge in [-0.05, 0) is 42.3 Å². The van der Waals surface area contributed by atoms with E-state index in [1.807, 2.05) is 37.3 Å². The summed E-state index contributed by atoms with van der Waals surface area (Å²) in [4.78, 5) is 29.6. The van der Waals surface area contributed by atoms with Crippen molar-refractivity contribution < 1.29 is 9.59 Å². The molecule has 0 spiro atoms. The number of nitrogens with zero attached hydrogens (tertiary/aromatic N) is 2. The van der Waals surface area contributed by atoms with Gasteiger partial charge in [-0.3, -0.25) is 14.6 Å². The van der Waals surface area contributed by atoms with E-state index in [1.54, 1.807) is 17.3 Å². The first-order chi connectivity index (χ1) is 11.5. The highest BCUT2D eigenvalue weighted by Crippen LogP contribution is 2.20. The number of benzene rings is 1. The average Bonchev–Trinajstić information content (AvgIpc) is 2.55. The molecule has 0 fully saturated rings. The van der Waals surface area contributed by atoms with Crippen LogP contribution in [0, 0.1) is 6.92 Å². The summed E-state index contributed by atoms with van der Waals surface area (Å²) in [6, 6.07) is 9.38. The number of aryl methyl sites for hydroxylation is 1. The van der Waals surface area contributed by atoms with E-state index in [4.69, 9.17) is 0 Å². The van der Waals surface area contributed by atoms with Gasteiger partial charge < -0.3 is 10.2 Å². The molecule has 0 aliphatic heterocycles. The van der Waals surface area contributed by atoms with Crippen molar-refractivity contribution in [1.29, 1.82) is 0 Å². The lowest BCUT2D eigenvalue weighted by Gasteiger charge is -2.20. The molecule has 1 N–H and O–H groups in total. The fourth-order valence-electron chi connectivity index (χ4n) is 2.24. The summed E-state index contributed by atoms with van der Waals surface area (Å²) in [5, 5.41) is 2.86. The van der Waals surface area contributed by atoms with Crippen LogP contribution < -0.4 is 5.32 Å². The third kappa shape index (κ3) is 5.45. The lowest BCUT2D eigenvalue weighted by Crippen LogP contribution is -2.31. The summed E-state index contributed by atoms with van der Waals surface area (Å²) >= 11 is 3.43. The molecule has 0 bridgehead atoms. The summed E-state index contributed by atoms with van der Waals surface area (Å²) in [6.45, 7) is 4.29. The van der Waals surface area contributed by atoms with Crippen molar-refractivity contribution >= 4 is 33.4 Å². The molecule has 0 saturated carbocycles. The van der Waals surface area contributed by atoms with Crippen molar-refractivity contribution in [1.82, 2.24) is 9.88 Å². The van der Waals surface area contributed by atoms with E-state index in [2.05, 4.69) is 26.2 Å². The molecule has 1 aromatic carbocycles. The number of carbonyl (C=O) groups is 2. The van der Waals surface area contributed by atoms with Gasteiger partial charge in [-0.15, -0.1) is 0 Å². The Hall–Kier alpha value is -2.21. The lowest BCUT2D eigenvalue weighted by atomic mass is 10.2. The van der Waals surface area contributed by atoms with Crippen LogP contribution in [-0.2, 0) is 16.1 Å². The quantitative estimate of drug-likeness (QED) is 0.821. The molecule has 126 valence electrons. The van der Waals surface area contributed by atoms with Crippen LogP contribution in [0.25, 0.3) is 0 Å². The van der Waals surface area contributed by atoms with E-state index in [1.165, 1.54) is 6.92 Å². The predicted molar refractivity (Wildman–Crippen MR) is 97.5 cm³/mol. The van der Waals surface area contributed by atoms with Gasteiger partial charge in [0.25, 0.3) is 0 Å². The van der Waals surface area contributed by atoms with Gasteiger partial charge in [-0.25, -0.2) is 0 Å². The van der Waals surface area contributed by atoms with Crippen molar-refractivity contribution in [3.63, 3.8) is 0 Å². The summed E-state index contributed by atoms with van der Waals surface area (Å²) in [5.41, 5.74) is 2.74. The van der Waals surface area contributed by atoms with E-state index in [0.717, 1.165) is 21.3 Å². The lowest BCUT2D eigenvalue weighted by molar-refractivity contribution is -0.129. The maximum Gasteiger partial charge on any atom is 0.226 e. The summed E-state index contributed by atoms with van der Waals surface area (Å²) in [5.74, 6) is -0.180. The Morgan fingerprint density at radius 2 is 2.08 bits per heavy atom. The number of amides is 2. The largest absolute Gasteiger partial charge is 0.338 e. The second-order valence-corrected chi connectivity index (χ2v) is 6.42. The molecule has 1 heterocycles. The number of rotatable bonds is 6. The van der Waals surface area contributed by atoms with E-state index in [9.17, 15) is 9.59 Å². The topological polar surface area (TPSA) is 62.3 Å². The standard InChI is InChI=1S/C18H20BrN3O2/c1-13-10-16(5-6-17(13)19)21-18(24)7-9-22(14(2)23)12-15-4-3-8-20-11-15/h3-6,8,10-11H,7,9,12H2,1-2H3,(H,21,24). The number of aromatic nitrogens is 1. The molecule has 0 radical (unpaired) electrons. The fourth-order valence-corrected chi connectivity index (χ4v) is 2.49. The molecule has 0 aliphatic carbocycles. The third-order valence-electron chi connectivity index (χ3n) is 3.59. The van der Waals surface area contributed by atoms with Gasteiger partial charge in [-0.2, -0.15) is 0 Å². The van der Waals surface area contributed by atoms with Crippen molar-refractivity contribution in [2.24, 2.45) is 0 Å². The molecule has 2 amide bonds. The highest BCUT2D eigenvalue weighted by Gasteiger charge is 2.12. The van der Waals surface area contributed by atoms with Gasteiger partial charge in [0.2, 0.25) is 11.8 Å². The van der Waals surface area contributed by atoms with Crippen LogP contribution >= 0.6 is 15.9 Å². The van der Waals surface area contributed by atoms with Crippen LogP contribution in [0.4, 0.5) is 5.69 Å². The number of hydrogen-bond acceptors (Lipinski definition) is 3. The van der Waals surface area contributed by atoms with E-state index < -0.39 is 0 Å². The third-order valence-corrected chi connectivity index (χ3v) is 4.48. The normalized spacial score (nSPS) is 10.3. The maximum absolute atomic E-state index is 12.1. The number of nitrogens with one attached hydrogen (secondary N) is 1.